The maximum Gasteiger partial charge on any atom is 0.141 e. The van der Waals surface area contributed by atoms with Gasteiger partial charge in [0.25, 0.3) is 0 Å². The van der Waals surface area contributed by atoms with Crippen molar-refractivity contribution in [3.05, 3.63) is 58.9 Å². The first kappa shape index (κ1) is 12.8. The SMILES string of the molecule is CC(Nc1ccc(F)cc1Cl)c1ccc(F)cn1. The zero-order valence-corrected chi connectivity index (χ0v) is 10.4. The van der Waals surface area contributed by atoms with E-state index in [1.165, 1.54) is 18.2 Å². The predicted octanol–water partition coefficient (Wildman–Crippen LogP) is 4.19. The Morgan fingerprint density at radius 1 is 1.17 bits per heavy atom. The first-order valence-corrected chi connectivity index (χ1v) is 5.77. The molecule has 1 aromatic carbocycles. The molecule has 0 aliphatic heterocycles. The average Bonchev–Trinajstić information content (AvgIpc) is 2.33. The number of aromatic nitrogens is 1. The minimum absolute atomic E-state index is 0.159. The van der Waals surface area contributed by atoms with E-state index in [-0.39, 0.29) is 11.9 Å². The Hall–Kier alpha value is -1.68. The smallest absolute Gasteiger partial charge is 0.141 e. The molecule has 0 saturated heterocycles. The molecular weight excluding hydrogens is 258 g/mol. The first-order chi connectivity index (χ1) is 8.56. The van der Waals surface area contributed by atoms with E-state index >= 15 is 0 Å². The Labute approximate surface area is 109 Å². The fraction of sp³-hybridized carbons (Fsp3) is 0.154. The number of nitrogens with one attached hydrogen (secondary N) is 1. The lowest BCUT2D eigenvalue weighted by Gasteiger charge is -2.15. The highest BCUT2D eigenvalue weighted by molar-refractivity contribution is 6.33. The summed E-state index contributed by atoms with van der Waals surface area (Å²) in [6.45, 7) is 1.86. The van der Waals surface area contributed by atoms with Gasteiger partial charge in [-0.05, 0) is 37.3 Å². The largest absolute Gasteiger partial charge is 0.376 e. The Balaban J connectivity index is 2.15. The van der Waals surface area contributed by atoms with Gasteiger partial charge in [0.1, 0.15) is 11.6 Å². The van der Waals surface area contributed by atoms with Crippen molar-refractivity contribution in [1.82, 2.24) is 4.98 Å². The van der Waals surface area contributed by atoms with E-state index in [2.05, 4.69) is 10.3 Å². The molecule has 0 spiro atoms. The fourth-order valence-electron chi connectivity index (χ4n) is 1.56. The second-order valence-electron chi connectivity index (χ2n) is 3.89. The second kappa shape index (κ2) is 5.31. The zero-order chi connectivity index (χ0) is 13.1. The van der Waals surface area contributed by atoms with Crippen molar-refractivity contribution in [3.63, 3.8) is 0 Å². The van der Waals surface area contributed by atoms with Crippen LogP contribution in [0.3, 0.4) is 0 Å². The van der Waals surface area contributed by atoms with Crippen LogP contribution in [-0.4, -0.2) is 4.98 Å². The van der Waals surface area contributed by atoms with Crippen molar-refractivity contribution in [2.24, 2.45) is 0 Å². The molecule has 0 saturated carbocycles. The van der Waals surface area contributed by atoms with E-state index in [9.17, 15) is 8.78 Å². The Morgan fingerprint density at radius 2 is 1.89 bits per heavy atom. The number of benzene rings is 1. The molecule has 1 unspecified atom stereocenters. The van der Waals surface area contributed by atoms with Crippen LogP contribution in [0.15, 0.2) is 36.5 Å². The summed E-state index contributed by atoms with van der Waals surface area (Å²) in [7, 11) is 0. The summed E-state index contributed by atoms with van der Waals surface area (Å²) < 4.78 is 25.6. The van der Waals surface area contributed by atoms with Crippen molar-refractivity contribution < 1.29 is 8.78 Å². The summed E-state index contributed by atoms with van der Waals surface area (Å²) in [5, 5.41) is 3.38. The molecule has 2 nitrogen and oxygen atoms in total. The van der Waals surface area contributed by atoms with Crippen molar-refractivity contribution in [3.8, 4) is 0 Å². The van der Waals surface area contributed by atoms with Crippen LogP contribution in [0.2, 0.25) is 5.02 Å². The molecular formula is C13H11ClF2N2. The van der Waals surface area contributed by atoms with Gasteiger partial charge in [-0.15, -0.1) is 0 Å². The summed E-state index contributed by atoms with van der Waals surface area (Å²) in [4.78, 5) is 3.97. The van der Waals surface area contributed by atoms with E-state index in [4.69, 9.17) is 11.6 Å². The average molecular weight is 269 g/mol. The molecule has 2 rings (SSSR count). The highest BCUT2D eigenvalue weighted by atomic mass is 35.5. The number of pyridine rings is 1. The lowest BCUT2D eigenvalue weighted by molar-refractivity contribution is 0.617. The van der Waals surface area contributed by atoms with Crippen LogP contribution in [0, 0.1) is 11.6 Å². The van der Waals surface area contributed by atoms with E-state index in [0.29, 0.717) is 16.4 Å². The molecule has 0 radical (unpaired) electrons. The monoisotopic (exact) mass is 268 g/mol. The minimum Gasteiger partial charge on any atom is -0.376 e. The van der Waals surface area contributed by atoms with Gasteiger partial charge in [0.15, 0.2) is 0 Å². The van der Waals surface area contributed by atoms with Gasteiger partial charge < -0.3 is 5.32 Å². The fourth-order valence-corrected chi connectivity index (χ4v) is 1.78. The van der Waals surface area contributed by atoms with E-state index in [1.54, 1.807) is 12.1 Å². The van der Waals surface area contributed by atoms with Crippen molar-refractivity contribution in [1.29, 1.82) is 0 Å². The molecule has 0 amide bonds. The Kier molecular flexibility index (Phi) is 3.77. The molecule has 1 heterocycles. The van der Waals surface area contributed by atoms with Gasteiger partial charge >= 0.3 is 0 Å². The van der Waals surface area contributed by atoms with Crippen LogP contribution in [0.5, 0.6) is 0 Å². The summed E-state index contributed by atoms with van der Waals surface area (Å²) in [5.41, 5.74) is 1.29. The van der Waals surface area contributed by atoms with Crippen molar-refractivity contribution >= 4 is 17.3 Å². The van der Waals surface area contributed by atoms with Crippen LogP contribution in [0.4, 0.5) is 14.5 Å². The second-order valence-corrected chi connectivity index (χ2v) is 4.30. The van der Waals surface area contributed by atoms with Gasteiger partial charge in [-0.25, -0.2) is 8.78 Å². The number of anilines is 1. The molecule has 2 aromatic rings. The third kappa shape index (κ3) is 2.96. The molecule has 0 aliphatic rings. The maximum absolute atomic E-state index is 12.9. The van der Waals surface area contributed by atoms with Crippen LogP contribution >= 0.6 is 11.6 Å². The van der Waals surface area contributed by atoms with E-state index < -0.39 is 5.82 Å². The number of hydrogen-bond donors (Lipinski definition) is 1. The summed E-state index contributed by atoms with van der Waals surface area (Å²) in [5.74, 6) is -0.774. The lowest BCUT2D eigenvalue weighted by atomic mass is 10.2. The molecule has 94 valence electrons. The molecule has 0 fully saturated rings. The number of halogens is 3. The van der Waals surface area contributed by atoms with Gasteiger partial charge in [-0.1, -0.05) is 11.6 Å². The van der Waals surface area contributed by atoms with Crippen LogP contribution in [0.1, 0.15) is 18.7 Å². The Bertz CT molecular complexity index is 543. The van der Waals surface area contributed by atoms with Gasteiger partial charge in [0.2, 0.25) is 0 Å². The van der Waals surface area contributed by atoms with Gasteiger partial charge in [0.05, 0.1) is 28.6 Å². The summed E-state index contributed by atoms with van der Waals surface area (Å²) >= 11 is 5.90. The molecule has 1 atom stereocenters. The maximum atomic E-state index is 12.9. The van der Waals surface area contributed by atoms with Crippen molar-refractivity contribution in [2.75, 3.05) is 5.32 Å². The molecule has 0 aliphatic carbocycles. The number of nitrogens with zero attached hydrogens (tertiary/aromatic N) is 1. The van der Waals surface area contributed by atoms with Gasteiger partial charge in [0, 0.05) is 0 Å². The highest BCUT2D eigenvalue weighted by Gasteiger charge is 2.09. The zero-order valence-electron chi connectivity index (χ0n) is 9.62. The quantitative estimate of drug-likeness (QED) is 0.903. The van der Waals surface area contributed by atoms with Crippen molar-refractivity contribution in [2.45, 2.75) is 13.0 Å². The molecule has 1 N–H and O–H groups in total. The minimum atomic E-state index is -0.391. The standard InChI is InChI=1S/C13H11ClF2N2/c1-8(12-4-3-10(16)7-17-12)18-13-5-2-9(15)6-11(13)14/h2-8,18H,1H3. The van der Waals surface area contributed by atoms with Gasteiger partial charge in [-0.3, -0.25) is 4.98 Å². The molecule has 18 heavy (non-hydrogen) atoms. The van der Waals surface area contributed by atoms with E-state index in [1.807, 2.05) is 6.92 Å². The number of rotatable bonds is 3. The summed E-state index contributed by atoms with van der Waals surface area (Å²) in [6, 6.07) is 6.87. The topological polar surface area (TPSA) is 24.9 Å². The third-order valence-electron chi connectivity index (χ3n) is 2.50. The van der Waals surface area contributed by atoms with Crippen LogP contribution < -0.4 is 5.32 Å². The van der Waals surface area contributed by atoms with Crippen LogP contribution in [0.25, 0.3) is 0 Å². The highest BCUT2D eigenvalue weighted by Crippen LogP contribution is 2.26. The normalized spacial score (nSPS) is 12.2. The predicted molar refractivity (Wildman–Crippen MR) is 67.6 cm³/mol. The molecule has 5 heteroatoms. The summed E-state index contributed by atoms with van der Waals surface area (Å²) in [6.07, 6.45) is 1.15. The third-order valence-corrected chi connectivity index (χ3v) is 2.81. The Morgan fingerprint density at radius 3 is 2.50 bits per heavy atom. The van der Waals surface area contributed by atoms with E-state index in [0.717, 1.165) is 6.20 Å². The van der Waals surface area contributed by atoms with Gasteiger partial charge in [-0.2, -0.15) is 0 Å². The number of hydrogen-bond acceptors (Lipinski definition) is 2. The first-order valence-electron chi connectivity index (χ1n) is 5.39. The lowest BCUT2D eigenvalue weighted by Crippen LogP contribution is -2.08. The van der Waals surface area contributed by atoms with Crippen LogP contribution in [-0.2, 0) is 0 Å². The molecule has 1 aromatic heterocycles. The molecule has 0 bridgehead atoms.